The molecule has 2 aromatic carbocycles. The van der Waals surface area contributed by atoms with E-state index in [4.69, 9.17) is 18.9 Å². The Morgan fingerprint density at radius 1 is 1.03 bits per heavy atom. The van der Waals surface area contributed by atoms with Crippen LogP contribution in [0.3, 0.4) is 0 Å². The number of benzene rings is 2. The minimum absolute atomic E-state index is 0.0527. The second kappa shape index (κ2) is 11.7. The molecular weight excluding hydrogens is 442 g/mol. The molecule has 0 spiro atoms. The van der Waals surface area contributed by atoms with Crippen LogP contribution in [0.1, 0.15) is 34.0 Å². The molecule has 0 amide bonds. The van der Waals surface area contributed by atoms with Crippen LogP contribution in [0, 0.1) is 0 Å². The molecule has 184 valence electrons. The lowest BCUT2D eigenvalue weighted by molar-refractivity contribution is -0.139. The van der Waals surface area contributed by atoms with Gasteiger partial charge < -0.3 is 29.2 Å². The van der Waals surface area contributed by atoms with Crippen molar-refractivity contribution in [3.63, 3.8) is 0 Å². The Bertz CT molecular complexity index is 1030. The number of carbonyl (C=O) groups excluding carboxylic acids is 2. The summed E-state index contributed by atoms with van der Waals surface area (Å²) in [6, 6.07) is 5.87. The Morgan fingerprint density at radius 3 is 2.41 bits per heavy atom. The summed E-state index contributed by atoms with van der Waals surface area (Å²) in [7, 11) is 2.72. The molecule has 2 N–H and O–H groups in total. The summed E-state index contributed by atoms with van der Waals surface area (Å²) in [4.78, 5) is 27.7. The molecule has 1 fully saturated rings. The number of aromatic hydroxyl groups is 2. The first-order valence-corrected chi connectivity index (χ1v) is 11.2. The number of methoxy groups -OCH3 is 2. The first kappa shape index (κ1) is 25.3. The van der Waals surface area contributed by atoms with Crippen molar-refractivity contribution in [1.29, 1.82) is 0 Å². The predicted octanol–water partition coefficient (Wildman–Crippen LogP) is 2.33. The smallest absolute Gasteiger partial charge is 0.310 e. The molecular formula is C25H31NO8. The highest BCUT2D eigenvalue weighted by molar-refractivity contribution is 6.12. The molecule has 0 saturated carbocycles. The Kier molecular flexibility index (Phi) is 8.72. The summed E-state index contributed by atoms with van der Waals surface area (Å²) in [5, 5.41) is 20.8. The largest absolute Gasteiger partial charge is 0.508 e. The molecule has 1 saturated heterocycles. The first-order valence-electron chi connectivity index (χ1n) is 11.2. The van der Waals surface area contributed by atoms with Gasteiger partial charge in [0.05, 0.1) is 39.4 Å². The van der Waals surface area contributed by atoms with Crippen molar-refractivity contribution >= 4 is 11.8 Å². The zero-order valence-electron chi connectivity index (χ0n) is 19.8. The fourth-order valence-electron chi connectivity index (χ4n) is 3.99. The number of morpholine rings is 1. The van der Waals surface area contributed by atoms with E-state index in [1.807, 2.05) is 0 Å². The van der Waals surface area contributed by atoms with Gasteiger partial charge in [-0.3, -0.25) is 14.5 Å². The van der Waals surface area contributed by atoms with Crippen molar-refractivity contribution in [2.75, 3.05) is 53.7 Å². The monoisotopic (exact) mass is 473 g/mol. The Balaban J connectivity index is 1.87. The van der Waals surface area contributed by atoms with Gasteiger partial charge in [-0.25, -0.2) is 0 Å². The van der Waals surface area contributed by atoms with Crippen molar-refractivity contribution in [2.24, 2.45) is 0 Å². The van der Waals surface area contributed by atoms with E-state index in [1.54, 1.807) is 19.1 Å². The van der Waals surface area contributed by atoms with Gasteiger partial charge in [0.15, 0.2) is 17.3 Å². The third kappa shape index (κ3) is 5.78. The maximum atomic E-state index is 13.4. The Morgan fingerprint density at radius 2 is 1.76 bits per heavy atom. The number of ketones is 1. The standard InChI is InChI=1S/C25H31NO8/c1-4-17-18(14-23(29)32-3)24(20(28)15-19(17)27)25(30)16-5-6-21(22(13-16)31-2)34-12-9-26-7-10-33-11-8-26/h5-6,13,15,27-28H,4,7-12,14H2,1-3H3. The molecule has 1 aliphatic rings. The highest BCUT2D eigenvalue weighted by Gasteiger charge is 2.26. The molecule has 0 atom stereocenters. The van der Waals surface area contributed by atoms with Gasteiger partial charge in [-0.15, -0.1) is 0 Å². The van der Waals surface area contributed by atoms with Gasteiger partial charge in [-0.05, 0) is 35.7 Å². The van der Waals surface area contributed by atoms with Crippen LogP contribution in [0.25, 0.3) is 0 Å². The summed E-state index contributed by atoms with van der Waals surface area (Å²) in [6.07, 6.45) is 0.0978. The van der Waals surface area contributed by atoms with E-state index in [0.29, 0.717) is 43.3 Å². The second-order valence-electron chi connectivity index (χ2n) is 7.85. The van der Waals surface area contributed by atoms with E-state index in [2.05, 4.69) is 4.90 Å². The van der Waals surface area contributed by atoms with Crippen molar-refractivity contribution < 1.29 is 38.7 Å². The van der Waals surface area contributed by atoms with Gasteiger partial charge >= 0.3 is 5.97 Å². The highest BCUT2D eigenvalue weighted by Crippen LogP contribution is 2.36. The first-order chi connectivity index (χ1) is 16.4. The summed E-state index contributed by atoms with van der Waals surface area (Å²) in [6.45, 7) is 6.11. The minimum atomic E-state index is -0.588. The number of hydrogen-bond donors (Lipinski definition) is 2. The number of ether oxygens (including phenoxy) is 4. The number of phenolic OH excluding ortho intramolecular Hbond substituents is 2. The third-order valence-corrected chi connectivity index (χ3v) is 5.83. The SMILES string of the molecule is CCc1c(O)cc(O)c(C(=O)c2ccc(OCCN3CCOCC3)c(OC)c2)c1CC(=O)OC. The lowest BCUT2D eigenvalue weighted by Crippen LogP contribution is -2.38. The Labute approximate surface area is 198 Å². The van der Waals surface area contributed by atoms with Crippen LogP contribution < -0.4 is 9.47 Å². The van der Waals surface area contributed by atoms with Crippen LogP contribution in [-0.2, 0) is 27.1 Å². The van der Waals surface area contributed by atoms with E-state index in [0.717, 1.165) is 25.7 Å². The van der Waals surface area contributed by atoms with Gasteiger partial charge in [-0.1, -0.05) is 6.92 Å². The topological polar surface area (TPSA) is 115 Å². The van der Waals surface area contributed by atoms with Crippen LogP contribution >= 0.6 is 0 Å². The molecule has 9 heteroatoms. The summed E-state index contributed by atoms with van der Waals surface area (Å²) in [5.74, 6) is -0.831. The van der Waals surface area contributed by atoms with Crippen molar-refractivity contribution in [3.05, 3.63) is 46.5 Å². The lowest BCUT2D eigenvalue weighted by atomic mass is 9.90. The molecule has 1 aliphatic heterocycles. The van der Waals surface area contributed by atoms with Crippen molar-refractivity contribution in [1.82, 2.24) is 4.90 Å². The van der Waals surface area contributed by atoms with Gasteiger partial charge in [-0.2, -0.15) is 0 Å². The molecule has 0 unspecified atom stereocenters. The van der Waals surface area contributed by atoms with Gasteiger partial charge in [0.2, 0.25) is 0 Å². The molecule has 1 heterocycles. The lowest BCUT2D eigenvalue weighted by Gasteiger charge is -2.26. The van der Waals surface area contributed by atoms with Gasteiger partial charge in [0.1, 0.15) is 18.1 Å². The zero-order chi connectivity index (χ0) is 24.7. The number of phenols is 2. The molecule has 0 bridgehead atoms. The zero-order valence-corrected chi connectivity index (χ0v) is 19.8. The number of hydrogen-bond acceptors (Lipinski definition) is 9. The van der Waals surface area contributed by atoms with Crippen LogP contribution in [0.2, 0.25) is 0 Å². The maximum absolute atomic E-state index is 13.4. The van der Waals surface area contributed by atoms with E-state index in [-0.39, 0.29) is 28.9 Å². The number of esters is 1. The van der Waals surface area contributed by atoms with Gasteiger partial charge in [0.25, 0.3) is 0 Å². The van der Waals surface area contributed by atoms with E-state index < -0.39 is 17.5 Å². The van der Waals surface area contributed by atoms with Crippen molar-refractivity contribution in [2.45, 2.75) is 19.8 Å². The normalized spacial score (nSPS) is 14.0. The molecule has 0 radical (unpaired) electrons. The molecule has 3 rings (SSSR count). The number of nitrogens with zero attached hydrogens (tertiary/aromatic N) is 1. The fraction of sp³-hybridized carbons (Fsp3) is 0.440. The maximum Gasteiger partial charge on any atom is 0.310 e. The average molecular weight is 474 g/mol. The van der Waals surface area contributed by atoms with Crippen LogP contribution in [0.15, 0.2) is 24.3 Å². The summed E-state index contributed by atoms with van der Waals surface area (Å²) >= 11 is 0. The minimum Gasteiger partial charge on any atom is -0.508 e. The molecule has 9 nitrogen and oxygen atoms in total. The number of rotatable bonds is 10. The summed E-state index contributed by atoms with van der Waals surface area (Å²) in [5.41, 5.74) is 0.831. The third-order valence-electron chi connectivity index (χ3n) is 5.83. The quantitative estimate of drug-likeness (QED) is 0.396. The van der Waals surface area contributed by atoms with Crippen LogP contribution in [0.5, 0.6) is 23.0 Å². The molecule has 0 aromatic heterocycles. The van der Waals surface area contributed by atoms with Crippen molar-refractivity contribution in [3.8, 4) is 23.0 Å². The summed E-state index contributed by atoms with van der Waals surface area (Å²) < 4.78 is 21.4. The second-order valence-corrected chi connectivity index (χ2v) is 7.85. The average Bonchev–Trinajstić information content (AvgIpc) is 2.84. The Hall–Kier alpha value is -3.30. The fourth-order valence-corrected chi connectivity index (χ4v) is 3.99. The van der Waals surface area contributed by atoms with E-state index in [1.165, 1.54) is 20.3 Å². The molecule has 2 aromatic rings. The predicted molar refractivity (Wildman–Crippen MR) is 124 cm³/mol. The van der Waals surface area contributed by atoms with Crippen LogP contribution in [-0.4, -0.2) is 80.5 Å². The van der Waals surface area contributed by atoms with E-state index in [9.17, 15) is 19.8 Å². The van der Waals surface area contributed by atoms with Crippen LogP contribution in [0.4, 0.5) is 0 Å². The van der Waals surface area contributed by atoms with Gasteiger partial charge in [0, 0.05) is 31.3 Å². The highest BCUT2D eigenvalue weighted by atomic mass is 16.5. The van der Waals surface area contributed by atoms with E-state index >= 15 is 0 Å². The molecule has 34 heavy (non-hydrogen) atoms. The number of carbonyl (C=O) groups is 2. The molecule has 0 aliphatic carbocycles.